The molecule has 2 aliphatic rings. The first-order valence-electron chi connectivity index (χ1n) is 17.6. The Kier molecular flexibility index (Phi) is 8.14. The maximum absolute atomic E-state index is 9.36. The molecule has 49 heavy (non-hydrogen) atoms. The molecular weight excluding hydrogens is 597 g/mol. The number of aromatic nitrogens is 3. The molecular formula is C45H40N4. The third kappa shape index (κ3) is 6.07. The summed E-state index contributed by atoms with van der Waals surface area (Å²) in [6.07, 6.45) is 6.73. The Morgan fingerprint density at radius 3 is 1.61 bits per heavy atom. The minimum absolute atomic E-state index is 0.312. The molecule has 6 aromatic rings. The lowest BCUT2D eigenvalue weighted by Crippen LogP contribution is -2.42. The Balaban J connectivity index is 1.21. The molecule has 5 aromatic carbocycles. The topological polar surface area (TPSA) is 62.5 Å². The van der Waals surface area contributed by atoms with E-state index in [0.717, 1.165) is 45.6 Å². The first-order valence-corrected chi connectivity index (χ1v) is 17.6. The summed E-state index contributed by atoms with van der Waals surface area (Å²) >= 11 is 0. The maximum Gasteiger partial charge on any atom is 0.164 e. The van der Waals surface area contributed by atoms with E-state index < -0.39 is 0 Å². The quantitative estimate of drug-likeness (QED) is 0.182. The van der Waals surface area contributed by atoms with Crippen LogP contribution in [0.4, 0.5) is 0 Å². The van der Waals surface area contributed by atoms with Gasteiger partial charge in [0.2, 0.25) is 0 Å². The fraction of sp³-hybridized carbons (Fsp3) is 0.244. The van der Waals surface area contributed by atoms with Gasteiger partial charge in [-0.25, -0.2) is 15.0 Å². The third-order valence-corrected chi connectivity index (χ3v) is 10.8. The molecule has 1 heterocycles. The molecule has 240 valence electrons. The van der Waals surface area contributed by atoms with Crippen LogP contribution in [0.3, 0.4) is 0 Å². The fourth-order valence-corrected chi connectivity index (χ4v) is 8.98. The molecule has 0 saturated heterocycles. The molecule has 0 spiro atoms. The van der Waals surface area contributed by atoms with Crippen molar-refractivity contribution in [2.24, 2.45) is 17.8 Å². The van der Waals surface area contributed by atoms with Crippen molar-refractivity contribution >= 4 is 0 Å². The van der Waals surface area contributed by atoms with Crippen LogP contribution >= 0.6 is 0 Å². The van der Waals surface area contributed by atoms with Crippen LogP contribution in [0.15, 0.2) is 127 Å². The Hall–Kier alpha value is -5.40. The summed E-state index contributed by atoms with van der Waals surface area (Å²) in [7, 11) is 0. The van der Waals surface area contributed by atoms with E-state index in [2.05, 4.69) is 86.6 Å². The van der Waals surface area contributed by atoms with Gasteiger partial charge < -0.3 is 0 Å². The summed E-state index contributed by atoms with van der Waals surface area (Å²) in [4.78, 5) is 15.0. The number of rotatable bonds is 6. The Labute approximate surface area is 289 Å². The molecule has 0 amide bonds. The SMILES string of the molecule is C[C@@H]1CC2C[C@H](C)CC(c3ccc(-c4ccccc4-c4ccccc4-c4nc(-c5ccccc5)nc(-c5ccc(C#N)cc5)n4)cc3)(C2)C1. The van der Waals surface area contributed by atoms with Crippen molar-refractivity contribution in [3.63, 3.8) is 0 Å². The van der Waals surface area contributed by atoms with Gasteiger partial charge in [-0.3, -0.25) is 0 Å². The van der Waals surface area contributed by atoms with E-state index in [1.165, 1.54) is 48.8 Å². The lowest BCUT2D eigenvalue weighted by molar-refractivity contribution is 0.0780. The maximum atomic E-state index is 9.36. The van der Waals surface area contributed by atoms with Crippen LogP contribution in [-0.2, 0) is 5.41 Å². The molecule has 2 saturated carbocycles. The molecule has 1 aromatic heterocycles. The summed E-state index contributed by atoms with van der Waals surface area (Å²) in [5.41, 5.74) is 9.75. The third-order valence-electron chi connectivity index (χ3n) is 10.8. The highest BCUT2D eigenvalue weighted by Crippen LogP contribution is 2.54. The molecule has 2 fully saturated rings. The second-order valence-electron chi connectivity index (χ2n) is 14.5. The van der Waals surface area contributed by atoms with E-state index in [1.807, 2.05) is 48.5 Å². The second kappa shape index (κ2) is 12.9. The number of hydrogen-bond acceptors (Lipinski definition) is 4. The number of fused-ring (bicyclic) bond motifs is 2. The number of hydrogen-bond donors (Lipinski definition) is 0. The zero-order valence-electron chi connectivity index (χ0n) is 28.2. The van der Waals surface area contributed by atoms with Gasteiger partial charge in [0, 0.05) is 16.7 Å². The van der Waals surface area contributed by atoms with E-state index in [4.69, 9.17) is 15.0 Å². The Morgan fingerprint density at radius 2 is 1.00 bits per heavy atom. The zero-order valence-corrected chi connectivity index (χ0v) is 28.2. The van der Waals surface area contributed by atoms with Gasteiger partial charge in [0.25, 0.3) is 0 Å². The van der Waals surface area contributed by atoms with Gasteiger partial charge in [-0.15, -0.1) is 0 Å². The number of benzene rings is 5. The summed E-state index contributed by atoms with van der Waals surface area (Å²) < 4.78 is 0. The van der Waals surface area contributed by atoms with Crippen LogP contribution in [-0.4, -0.2) is 15.0 Å². The first kappa shape index (κ1) is 30.9. The first-order chi connectivity index (χ1) is 24.0. The summed E-state index contributed by atoms with van der Waals surface area (Å²) in [6.45, 7) is 4.92. The summed E-state index contributed by atoms with van der Waals surface area (Å²) in [6, 6.07) is 46.3. The van der Waals surface area contributed by atoms with Crippen LogP contribution < -0.4 is 0 Å². The normalized spacial score (nSPS) is 21.5. The molecule has 0 radical (unpaired) electrons. The molecule has 0 aliphatic heterocycles. The van der Waals surface area contributed by atoms with Gasteiger partial charge in [0.05, 0.1) is 11.6 Å². The van der Waals surface area contributed by atoms with Crippen LogP contribution in [0.25, 0.3) is 56.4 Å². The predicted molar refractivity (Wildman–Crippen MR) is 198 cm³/mol. The molecule has 2 bridgehead atoms. The Morgan fingerprint density at radius 1 is 0.510 bits per heavy atom. The summed E-state index contributed by atoms with van der Waals surface area (Å²) in [5, 5.41) is 9.36. The van der Waals surface area contributed by atoms with E-state index in [0.29, 0.717) is 28.5 Å². The van der Waals surface area contributed by atoms with Gasteiger partial charge in [-0.05, 0) is 107 Å². The lowest BCUT2D eigenvalue weighted by Gasteiger charge is -2.50. The van der Waals surface area contributed by atoms with Gasteiger partial charge in [0.15, 0.2) is 17.5 Å². The lowest BCUT2D eigenvalue weighted by atomic mass is 9.54. The highest BCUT2D eigenvalue weighted by Gasteiger charge is 2.45. The average molecular weight is 637 g/mol. The smallest absolute Gasteiger partial charge is 0.164 e. The minimum Gasteiger partial charge on any atom is -0.208 e. The number of nitriles is 1. The van der Waals surface area contributed by atoms with Crippen LogP contribution in [0.5, 0.6) is 0 Å². The van der Waals surface area contributed by atoms with Crippen molar-refractivity contribution < 1.29 is 0 Å². The highest BCUT2D eigenvalue weighted by atomic mass is 15.0. The van der Waals surface area contributed by atoms with Gasteiger partial charge in [0.1, 0.15) is 0 Å². The van der Waals surface area contributed by atoms with Crippen molar-refractivity contribution in [2.75, 3.05) is 0 Å². The molecule has 0 N–H and O–H groups in total. The van der Waals surface area contributed by atoms with E-state index >= 15 is 0 Å². The largest absolute Gasteiger partial charge is 0.208 e. The van der Waals surface area contributed by atoms with Crippen molar-refractivity contribution in [1.29, 1.82) is 5.26 Å². The van der Waals surface area contributed by atoms with Crippen LogP contribution in [0.2, 0.25) is 0 Å². The van der Waals surface area contributed by atoms with Crippen molar-refractivity contribution in [3.8, 4) is 62.5 Å². The van der Waals surface area contributed by atoms with E-state index in [9.17, 15) is 5.26 Å². The molecule has 8 rings (SSSR count). The predicted octanol–water partition coefficient (Wildman–Crippen LogP) is 11.2. The average Bonchev–Trinajstić information content (AvgIpc) is 3.14. The molecule has 4 atom stereocenters. The van der Waals surface area contributed by atoms with Gasteiger partial charge in [-0.1, -0.05) is 117 Å². The molecule has 4 heteroatoms. The van der Waals surface area contributed by atoms with Crippen LogP contribution in [0, 0.1) is 29.1 Å². The van der Waals surface area contributed by atoms with Crippen LogP contribution in [0.1, 0.15) is 57.1 Å². The van der Waals surface area contributed by atoms with Crippen molar-refractivity contribution in [2.45, 2.75) is 51.4 Å². The summed E-state index contributed by atoms with van der Waals surface area (Å²) in [5.74, 6) is 4.24. The van der Waals surface area contributed by atoms with Crippen molar-refractivity contribution in [1.82, 2.24) is 15.0 Å². The van der Waals surface area contributed by atoms with Gasteiger partial charge in [-0.2, -0.15) is 5.26 Å². The highest BCUT2D eigenvalue weighted by molar-refractivity contribution is 5.90. The fourth-order valence-electron chi connectivity index (χ4n) is 8.98. The van der Waals surface area contributed by atoms with Gasteiger partial charge >= 0.3 is 0 Å². The minimum atomic E-state index is 0.312. The van der Waals surface area contributed by atoms with Crippen molar-refractivity contribution in [3.05, 3.63) is 139 Å². The standard InChI is InChI=1S/C45H40N4/c1-30-24-33-25-31(2)27-45(26-30,28-33)37-22-20-34(21-23-37)38-12-6-7-13-39(38)40-14-8-9-15-41(40)44-48-42(35-10-4-3-5-11-35)47-43(49-44)36-18-16-32(29-46)17-19-36/h3-23,30-31,33H,24-28H2,1-2H3/t30-,31+,33?,45?. The van der Waals surface area contributed by atoms with E-state index in [1.54, 1.807) is 12.1 Å². The molecule has 2 unspecified atom stereocenters. The number of nitrogens with zero attached hydrogens (tertiary/aromatic N) is 4. The zero-order chi connectivity index (χ0) is 33.4. The Bertz CT molecular complexity index is 2130. The molecule has 4 nitrogen and oxygen atoms in total. The molecule has 2 aliphatic carbocycles. The second-order valence-corrected chi connectivity index (χ2v) is 14.5. The monoisotopic (exact) mass is 636 g/mol. The van der Waals surface area contributed by atoms with E-state index in [-0.39, 0.29) is 0 Å².